The summed E-state index contributed by atoms with van der Waals surface area (Å²) in [6.07, 6.45) is 9.75. The molecule has 0 amide bonds. The van der Waals surface area contributed by atoms with Gasteiger partial charge in [-0.2, -0.15) is 23.5 Å². The van der Waals surface area contributed by atoms with Gasteiger partial charge >= 0.3 is 0 Å². The Morgan fingerprint density at radius 2 is 1.23 bits per heavy atom. The number of thioether (sulfide) groups is 2. The van der Waals surface area contributed by atoms with Gasteiger partial charge in [0.15, 0.2) is 0 Å². The minimum absolute atomic E-state index is 1.21. The molecule has 13 heavy (non-hydrogen) atoms. The van der Waals surface area contributed by atoms with E-state index < -0.39 is 0 Å². The van der Waals surface area contributed by atoms with Gasteiger partial charge in [-0.25, -0.2) is 0 Å². The molecule has 0 fully saturated rings. The van der Waals surface area contributed by atoms with Gasteiger partial charge < -0.3 is 5.32 Å². The van der Waals surface area contributed by atoms with E-state index in [-0.39, 0.29) is 0 Å². The average Bonchev–Trinajstić information content (AvgIpc) is 2.16. The third-order valence-electron chi connectivity index (χ3n) is 1.90. The summed E-state index contributed by atoms with van der Waals surface area (Å²) in [7, 11) is 0. The Kier molecular flexibility index (Phi) is 13.3. The maximum Gasteiger partial charge on any atom is -0.00486 e. The summed E-state index contributed by atoms with van der Waals surface area (Å²) >= 11 is 3.89. The van der Waals surface area contributed by atoms with Crippen molar-refractivity contribution >= 4 is 23.5 Å². The van der Waals surface area contributed by atoms with Crippen molar-refractivity contribution < 1.29 is 0 Å². The summed E-state index contributed by atoms with van der Waals surface area (Å²) in [5.74, 6) is 2.63. The van der Waals surface area contributed by atoms with Crippen LogP contribution in [0.25, 0.3) is 0 Å². The molecule has 0 saturated heterocycles. The second-order valence-electron chi connectivity index (χ2n) is 3.15. The largest absolute Gasteiger partial charge is 0.317 e. The molecule has 3 heteroatoms. The van der Waals surface area contributed by atoms with Crippen LogP contribution in [0.15, 0.2) is 0 Å². The highest BCUT2D eigenvalue weighted by atomic mass is 32.2. The van der Waals surface area contributed by atoms with E-state index in [1.165, 1.54) is 50.3 Å². The molecular formula is C10H23NS2. The molecule has 0 aromatic carbocycles. The Balaban J connectivity index is 2.76. The zero-order valence-corrected chi connectivity index (χ0v) is 10.6. The lowest BCUT2D eigenvalue weighted by molar-refractivity contribution is 0.615. The third kappa shape index (κ3) is 12.7. The zero-order valence-electron chi connectivity index (χ0n) is 8.97. The predicted octanol–water partition coefficient (Wildman–Crippen LogP) is 2.86. The summed E-state index contributed by atoms with van der Waals surface area (Å²) in [4.78, 5) is 0. The number of nitrogens with one attached hydrogen (secondary N) is 1. The molecule has 0 unspecified atom stereocenters. The molecule has 0 aliphatic carbocycles. The van der Waals surface area contributed by atoms with Crippen LogP contribution in [0.3, 0.4) is 0 Å². The first-order chi connectivity index (χ1) is 6.41. The van der Waals surface area contributed by atoms with E-state index in [0.717, 1.165) is 0 Å². The van der Waals surface area contributed by atoms with E-state index in [1.54, 1.807) is 0 Å². The number of hydrogen-bond donors (Lipinski definition) is 1. The maximum atomic E-state index is 3.48. The third-order valence-corrected chi connectivity index (χ3v) is 3.30. The van der Waals surface area contributed by atoms with Crippen LogP contribution in [0, 0.1) is 0 Å². The summed E-state index contributed by atoms with van der Waals surface area (Å²) in [6, 6.07) is 0. The Hall–Kier alpha value is 0.660. The molecule has 0 saturated carbocycles. The van der Waals surface area contributed by atoms with Crippen molar-refractivity contribution in [2.45, 2.75) is 25.7 Å². The molecule has 0 radical (unpaired) electrons. The van der Waals surface area contributed by atoms with Gasteiger partial charge in [-0.3, -0.25) is 0 Å². The normalized spacial score (nSPS) is 10.6. The Morgan fingerprint density at radius 1 is 0.769 bits per heavy atom. The Bertz CT molecular complexity index is 79.0. The number of rotatable bonds is 10. The Labute approximate surface area is 91.8 Å². The molecule has 0 heterocycles. The molecule has 0 aromatic rings. The highest BCUT2D eigenvalue weighted by molar-refractivity contribution is 7.98. The van der Waals surface area contributed by atoms with Crippen molar-refractivity contribution in [1.82, 2.24) is 5.32 Å². The fraction of sp³-hybridized carbons (Fsp3) is 1.00. The van der Waals surface area contributed by atoms with Gasteiger partial charge in [-0.05, 0) is 62.8 Å². The summed E-state index contributed by atoms with van der Waals surface area (Å²) in [5, 5.41) is 3.48. The summed E-state index contributed by atoms with van der Waals surface area (Å²) in [5.41, 5.74) is 0. The predicted molar refractivity (Wildman–Crippen MR) is 68.1 cm³/mol. The lowest BCUT2D eigenvalue weighted by atomic mass is 10.3. The number of unbranched alkanes of at least 4 members (excludes halogenated alkanes) is 2. The van der Waals surface area contributed by atoms with Crippen molar-refractivity contribution in [3.05, 3.63) is 0 Å². The fourth-order valence-corrected chi connectivity index (χ4v) is 2.10. The van der Waals surface area contributed by atoms with Crippen LogP contribution in [0.4, 0.5) is 0 Å². The molecule has 0 aromatic heterocycles. The van der Waals surface area contributed by atoms with E-state index >= 15 is 0 Å². The van der Waals surface area contributed by atoms with Crippen LogP contribution in [0.5, 0.6) is 0 Å². The molecule has 0 atom stereocenters. The van der Waals surface area contributed by atoms with Crippen molar-refractivity contribution in [2.24, 2.45) is 0 Å². The van der Waals surface area contributed by atoms with E-state index in [2.05, 4.69) is 17.8 Å². The van der Waals surface area contributed by atoms with E-state index in [1.807, 2.05) is 23.5 Å². The topological polar surface area (TPSA) is 12.0 Å². The zero-order chi connectivity index (χ0) is 9.78. The summed E-state index contributed by atoms with van der Waals surface area (Å²) < 4.78 is 0. The maximum absolute atomic E-state index is 3.48. The van der Waals surface area contributed by atoms with E-state index in [9.17, 15) is 0 Å². The highest BCUT2D eigenvalue weighted by Crippen LogP contribution is 1.99. The molecule has 0 spiro atoms. The molecule has 80 valence electrons. The van der Waals surface area contributed by atoms with Crippen LogP contribution in [0.2, 0.25) is 0 Å². The minimum atomic E-state index is 1.21. The highest BCUT2D eigenvalue weighted by Gasteiger charge is 1.89. The second-order valence-corrected chi connectivity index (χ2v) is 5.12. The fourth-order valence-electron chi connectivity index (χ4n) is 1.12. The van der Waals surface area contributed by atoms with Gasteiger partial charge in [0.05, 0.1) is 0 Å². The average molecular weight is 221 g/mol. The van der Waals surface area contributed by atoms with Crippen molar-refractivity contribution in [1.29, 1.82) is 0 Å². The molecule has 1 nitrogen and oxygen atoms in total. The van der Waals surface area contributed by atoms with Crippen molar-refractivity contribution in [3.8, 4) is 0 Å². The quantitative estimate of drug-likeness (QED) is 0.570. The first-order valence-corrected chi connectivity index (χ1v) is 7.89. The van der Waals surface area contributed by atoms with Crippen LogP contribution < -0.4 is 5.32 Å². The van der Waals surface area contributed by atoms with Gasteiger partial charge in [0.25, 0.3) is 0 Å². The van der Waals surface area contributed by atoms with Crippen LogP contribution in [-0.2, 0) is 0 Å². The van der Waals surface area contributed by atoms with Crippen LogP contribution in [-0.4, -0.2) is 37.1 Å². The van der Waals surface area contributed by atoms with Gasteiger partial charge in [-0.15, -0.1) is 0 Å². The minimum Gasteiger partial charge on any atom is -0.317 e. The van der Waals surface area contributed by atoms with Crippen LogP contribution in [0.1, 0.15) is 25.7 Å². The monoisotopic (exact) mass is 221 g/mol. The lowest BCUT2D eigenvalue weighted by Crippen LogP contribution is -2.16. The lowest BCUT2D eigenvalue weighted by Gasteiger charge is -2.03. The molecule has 1 N–H and O–H groups in total. The number of hydrogen-bond acceptors (Lipinski definition) is 3. The Morgan fingerprint density at radius 3 is 1.62 bits per heavy atom. The van der Waals surface area contributed by atoms with Crippen molar-refractivity contribution in [3.63, 3.8) is 0 Å². The van der Waals surface area contributed by atoms with Gasteiger partial charge in [-0.1, -0.05) is 0 Å². The SMILES string of the molecule is CSCCCCNCCCCSC. The smallest absolute Gasteiger partial charge is 0.00486 e. The van der Waals surface area contributed by atoms with Gasteiger partial charge in [0, 0.05) is 0 Å². The van der Waals surface area contributed by atoms with E-state index in [0.29, 0.717) is 0 Å². The molecule has 0 aliphatic heterocycles. The van der Waals surface area contributed by atoms with E-state index in [4.69, 9.17) is 0 Å². The van der Waals surface area contributed by atoms with Crippen LogP contribution >= 0.6 is 23.5 Å². The first kappa shape index (κ1) is 13.7. The second kappa shape index (κ2) is 12.7. The first-order valence-electron chi connectivity index (χ1n) is 5.10. The standard InChI is InChI=1S/C10H23NS2/c1-12-9-5-3-7-11-8-4-6-10-13-2/h11H,3-10H2,1-2H3. The van der Waals surface area contributed by atoms with Crippen molar-refractivity contribution in [2.75, 3.05) is 37.1 Å². The summed E-state index contributed by atoms with van der Waals surface area (Å²) in [6.45, 7) is 2.42. The molecule has 0 aliphatic rings. The van der Waals surface area contributed by atoms with Gasteiger partial charge in [0.2, 0.25) is 0 Å². The molecule has 0 rings (SSSR count). The molecular weight excluding hydrogens is 198 g/mol. The van der Waals surface area contributed by atoms with Gasteiger partial charge in [0.1, 0.15) is 0 Å². The molecule has 0 bridgehead atoms.